The van der Waals surface area contributed by atoms with Crippen LogP contribution >= 0.6 is 0 Å². The van der Waals surface area contributed by atoms with E-state index in [0.29, 0.717) is 5.41 Å². The summed E-state index contributed by atoms with van der Waals surface area (Å²) in [6.45, 7) is 48.2. The van der Waals surface area contributed by atoms with E-state index in [0.717, 1.165) is 53.9 Å². The Hall–Kier alpha value is -1.06. The van der Waals surface area contributed by atoms with E-state index in [9.17, 15) is 0 Å². The third-order valence-corrected chi connectivity index (χ3v) is 15.7. The zero-order valence-corrected chi connectivity index (χ0v) is 55.0. The highest BCUT2D eigenvalue weighted by Gasteiger charge is 2.19. The van der Waals surface area contributed by atoms with Gasteiger partial charge in [0.25, 0.3) is 0 Å². The van der Waals surface area contributed by atoms with Gasteiger partial charge in [0.15, 0.2) is 0 Å². The second-order valence-electron chi connectivity index (χ2n) is 27.5. The number of rotatable bonds is 46. The number of hydrogen-bond donors (Lipinski definition) is 2. The minimum absolute atomic E-state index is 0.540. The first-order valence-electron chi connectivity index (χ1n) is 33.3. The van der Waals surface area contributed by atoms with Gasteiger partial charge >= 0.3 is 0 Å². The van der Waals surface area contributed by atoms with Crippen LogP contribution in [0.15, 0.2) is 24.3 Å². The molecule has 74 heavy (non-hydrogen) atoms. The highest BCUT2D eigenvalue weighted by Crippen LogP contribution is 2.33. The van der Waals surface area contributed by atoms with Gasteiger partial charge in [-0.3, -0.25) is 0 Å². The minimum atomic E-state index is 0.540. The van der Waals surface area contributed by atoms with E-state index in [1.165, 1.54) is 243 Å². The van der Waals surface area contributed by atoms with Crippen LogP contribution in [-0.4, -0.2) is 44.7 Å². The molecule has 0 aliphatic heterocycles. The van der Waals surface area contributed by atoms with Crippen LogP contribution in [0.5, 0.6) is 0 Å². The Morgan fingerprint density at radius 1 is 0.378 bits per heavy atom. The lowest BCUT2D eigenvalue weighted by Gasteiger charge is -2.27. The maximum atomic E-state index is 3.55. The molecule has 1 rings (SSSR count). The molecule has 3 heteroatoms. The Kier molecular flexibility index (Phi) is 57.6. The van der Waals surface area contributed by atoms with E-state index >= 15 is 0 Å². The van der Waals surface area contributed by atoms with Gasteiger partial charge < -0.3 is 15.5 Å². The number of hydrogen-bond acceptors (Lipinski definition) is 3. The summed E-state index contributed by atoms with van der Waals surface area (Å²) in [4.78, 5) is 2.47. The van der Waals surface area contributed by atoms with Gasteiger partial charge in [-0.15, -0.1) is 0 Å². The average molecular weight is 1040 g/mol. The van der Waals surface area contributed by atoms with Crippen LogP contribution in [0.25, 0.3) is 0 Å². The monoisotopic (exact) mass is 1040 g/mol. The Labute approximate surface area is 471 Å². The molecular weight excluding hydrogens is 895 g/mol. The van der Waals surface area contributed by atoms with Crippen molar-refractivity contribution in [2.75, 3.05) is 45.1 Å². The smallest absolute Gasteiger partial charge is 0.0340 e. The van der Waals surface area contributed by atoms with E-state index in [1.54, 1.807) is 0 Å². The van der Waals surface area contributed by atoms with Crippen molar-refractivity contribution >= 4 is 5.69 Å². The first-order valence-corrected chi connectivity index (χ1v) is 33.3. The zero-order chi connectivity index (χ0) is 56.3. The average Bonchev–Trinajstić information content (AvgIpc) is 3.34. The zero-order valence-electron chi connectivity index (χ0n) is 55.0. The van der Waals surface area contributed by atoms with Crippen LogP contribution in [0.3, 0.4) is 0 Å². The predicted octanol–water partition coefficient (Wildman–Crippen LogP) is 23.6. The number of benzene rings is 1. The van der Waals surface area contributed by atoms with Crippen LogP contribution < -0.4 is 10.6 Å². The molecule has 0 aliphatic carbocycles. The summed E-state index contributed by atoms with van der Waals surface area (Å²) in [6, 6.07) is 8.54. The van der Waals surface area contributed by atoms with Gasteiger partial charge in [-0.1, -0.05) is 296 Å². The Morgan fingerprint density at radius 2 is 0.811 bits per heavy atom. The molecular formula is C71H145N3. The summed E-state index contributed by atoms with van der Waals surface area (Å²) in [5, 5.41) is 6.96. The summed E-state index contributed by atoms with van der Waals surface area (Å²) in [5.74, 6) is 6.95. The number of nitrogens with zero attached hydrogens (tertiary/aromatic N) is 1. The molecule has 0 bridgehead atoms. The molecule has 1 aromatic carbocycles. The molecule has 0 amide bonds. The Bertz CT molecular complexity index is 1200. The summed E-state index contributed by atoms with van der Waals surface area (Å²) < 4.78 is 0. The summed E-state index contributed by atoms with van der Waals surface area (Å²) >= 11 is 0. The highest BCUT2D eigenvalue weighted by molar-refractivity contribution is 5.44. The molecule has 0 aliphatic rings. The van der Waals surface area contributed by atoms with E-state index in [-0.39, 0.29) is 0 Å². The van der Waals surface area contributed by atoms with E-state index in [1.807, 2.05) is 0 Å². The van der Waals surface area contributed by atoms with Crippen molar-refractivity contribution in [1.82, 2.24) is 10.2 Å². The highest BCUT2D eigenvalue weighted by atomic mass is 15.1. The topological polar surface area (TPSA) is 27.3 Å². The van der Waals surface area contributed by atoms with Crippen molar-refractivity contribution in [2.24, 2.45) is 52.8 Å². The molecule has 0 saturated carbocycles. The summed E-state index contributed by atoms with van der Waals surface area (Å²) in [6.07, 6.45) is 45.3. The maximum Gasteiger partial charge on any atom is 0.0340 e. The van der Waals surface area contributed by atoms with E-state index in [2.05, 4.69) is 171 Å². The van der Waals surface area contributed by atoms with Gasteiger partial charge in [0.05, 0.1) is 0 Å². The van der Waals surface area contributed by atoms with E-state index in [4.69, 9.17) is 0 Å². The molecule has 3 atom stereocenters. The van der Waals surface area contributed by atoms with Gasteiger partial charge in [-0.05, 0) is 150 Å². The van der Waals surface area contributed by atoms with Crippen LogP contribution in [0.2, 0.25) is 0 Å². The lowest BCUT2D eigenvalue weighted by atomic mass is 9.79. The van der Waals surface area contributed by atoms with E-state index < -0.39 is 0 Å². The van der Waals surface area contributed by atoms with Crippen molar-refractivity contribution in [1.29, 1.82) is 0 Å². The largest absolute Gasteiger partial charge is 0.385 e. The van der Waals surface area contributed by atoms with Crippen molar-refractivity contribution in [3.05, 3.63) is 29.8 Å². The number of unbranched alkanes of at least 4 members (excludes halogenated alkanes) is 15. The summed E-state index contributed by atoms with van der Waals surface area (Å²) in [5.41, 5.74) is 3.08. The molecule has 0 radical (unpaired) electrons. The van der Waals surface area contributed by atoms with Crippen molar-refractivity contribution in [3.8, 4) is 0 Å². The van der Waals surface area contributed by atoms with Crippen molar-refractivity contribution in [2.45, 2.75) is 330 Å². The maximum absolute atomic E-state index is 3.55. The number of aryl methyl sites for hydroxylation is 1. The molecule has 2 N–H and O–H groups in total. The van der Waals surface area contributed by atoms with Gasteiger partial charge in [0.1, 0.15) is 0 Å². The fourth-order valence-corrected chi connectivity index (χ4v) is 9.54. The van der Waals surface area contributed by atoms with Gasteiger partial charge in [-0.2, -0.15) is 0 Å². The molecule has 0 saturated heterocycles. The van der Waals surface area contributed by atoms with Crippen molar-refractivity contribution in [3.63, 3.8) is 0 Å². The Balaban J connectivity index is -0.000000958. The third kappa shape index (κ3) is 65.2. The fraction of sp³-hybridized carbons (Fsp3) is 0.915. The number of nitrogens with one attached hydrogen (secondary N) is 2. The standard InChI is InChI=1S/C28H58.C19H41N.C12H19N.C12H27N/c1-23(2)13-12-15-26(6)18-19-27(7)20-22-28(8,9)21-11-10-14-25(5)17-16-24(3)4;1-4-5-6-7-8-9-10-11-12-13-14-15-17-20-18-16-19(2)3;1-10(2)8-9-13-12-6-4-11(3)5-7-12;1-5-6-7-8-10-13(4)11-9-12(2)3/h23-27H,10-22H2,1-9H3;19-20H,4-18H2,1-3H3;4-7,10,13H,8-9H2,1-3H3;12H,5-11H2,1-4H3. The molecule has 3 nitrogen and oxygen atoms in total. The first-order chi connectivity index (χ1) is 35.1. The lowest BCUT2D eigenvalue weighted by molar-refractivity contribution is 0.255. The normalized spacial score (nSPS) is 13.0. The first kappa shape index (κ1) is 77.2. The number of anilines is 1. The SMILES string of the molecule is CC(C)CCCC(C)CCC(C)CCC(C)(C)CCCCC(C)CCC(C)C.CCCCCCCCCCCCCCNCCC(C)C.CCCCCCN(C)CCC(C)C.Cc1ccc(NCCC(C)C)cc1. The quantitative estimate of drug-likeness (QED) is 0.0637. The summed E-state index contributed by atoms with van der Waals surface area (Å²) in [7, 11) is 2.24. The van der Waals surface area contributed by atoms with Gasteiger partial charge in [0.2, 0.25) is 0 Å². The van der Waals surface area contributed by atoms with Gasteiger partial charge in [-0.25, -0.2) is 0 Å². The fourth-order valence-electron chi connectivity index (χ4n) is 9.54. The molecule has 0 fully saturated rings. The second kappa shape index (κ2) is 55.3. The molecule has 0 spiro atoms. The van der Waals surface area contributed by atoms with Crippen LogP contribution in [0.4, 0.5) is 5.69 Å². The van der Waals surface area contributed by atoms with Gasteiger partial charge in [0, 0.05) is 12.2 Å². The van der Waals surface area contributed by atoms with Crippen LogP contribution in [0.1, 0.15) is 329 Å². The molecule has 444 valence electrons. The Morgan fingerprint density at radius 3 is 1.31 bits per heavy atom. The predicted molar refractivity (Wildman–Crippen MR) is 345 cm³/mol. The minimum Gasteiger partial charge on any atom is -0.385 e. The van der Waals surface area contributed by atoms with Crippen LogP contribution in [0, 0.1) is 59.7 Å². The van der Waals surface area contributed by atoms with Crippen LogP contribution in [-0.2, 0) is 0 Å². The third-order valence-electron chi connectivity index (χ3n) is 15.7. The molecule has 0 heterocycles. The molecule has 3 unspecified atom stereocenters. The van der Waals surface area contributed by atoms with Crippen molar-refractivity contribution < 1.29 is 0 Å². The molecule has 0 aromatic heterocycles. The second-order valence-corrected chi connectivity index (χ2v) is 27.5. The lowest BCUT2D eigenvalue weighted by Crippen LogP contribution is -2.21. The molecule has 1 aromatic rings.